The van der Waals surface area contributed by atoms with E-state index >= 15 is 0 Å². The molecule has 2 N–H and O–H groups in total. The van der Waals surface area contributed by atoms with Gasteiger partial charge in [0, 0.05) is 29.2 Å². The summed E-state index contributed by atoms with van der Waals surface area (Å²) >= 11 is 5.97. The van der Waals surface area contributed by atoms with Gasteiger partial charge in [-0.3, -0.25) is 4.98 Å². The van der Waals surface area contributed by atoms with Crippen LogP contribution in [-0.2, 0) is 0 Å². The van der Waals surface area contributed by atoms with Gasteiger partial charge < -0.3 is 5.73 Å². The van der Waals surface area contributed by atoms with Crippen LogP contribution in [0.5, 0.6) is 0 Å². The molecule has 6 heteroatoms. The van der Waals surface area contributed by atoms with Gasteiger partial charge >= 0.3 is 0 Å². The van der Waals surface area contributed by atoms with Crippen molar-refractivity contribution in [2.24, 2.45) is 5.73 Å². The van der Waals surface area contributed by atoms with Crippen LogP contribution in [0.2, 0.25) is 5.02 Å². The summed E-state index contributed by atoms with van der Waals surface area (Å²) in [6.45, 7) is 0. The van der Waals surface area contributed by atoms with Gasteiger partial charge in [0.15, 0.2) is 5.65 Å². The number of benzene rings is 1. The molecule has 3 heterocycles. The van der Waals surface area contributed by atoms with Crippen molar-refractivity contribution < 1.29 is 0 Å². The van der Waals surface area contributed by atoms with Gasteiger partial charge in [-0.2, -0.15) is 5.10 Å². The van der Waals surface area contributed by atoms with E-state index in [4.69, 9.17) is 22.3 Å². The van der Waals surface area contributed by atoms with Crippen molar-refractivity contribution in [2.75, 3.05) is 0 Å². The molecule has 1 atom stereocenters. The summed E-state index contributed by atoms with van der Waals surface area (Å²) in [7, 11) is 0. The predicted molar refractivity (Wildman–Crippen MR) is 93.7 cm³/mol. The molecule has 3 aromatic heterocycles. The maximum atomic E-state index is 6.34. The molecule has 0 bridgehead atoms. The highest BCUT2D eigenvalue weighted by molar-refractivity contribution is 6.30. The monoisotopic (exact) mass is 335 g/mol. The molecule has 1 unspecified atom stereocenters. The molecule has 0 aliphatic rings. The SMILES string of the molecule is NC(c1cccnc1)c1ccn2ncc(-c3ccc(Cl)cc3)c2n1. The normalized spacial score (nSPS) is 12.4. The molecule has 0 saturated heterocycles. The summed E-state index contributed by atoms with van der Waals surface area (Å²) in [5, 5.41) is 5.06. The zero-order chi connectivity index (χ0) is 16.5. The molecule has 4 rings (SSSR count). The molecular formula is C18H14ClN5. The molecule has 0 saturated carbocycles. The van der Waals surface area contributed by atoms with E-state index in [0.29, 0.717) is 5.02 Å². The molecule has 4 aromatic rings. The first-order chi connectivity index (χ1) is 11.7. The summed E-state index contributed by atoms with van der Waals surface area (Å²) in [5.41, 5.74) is 10.7. The van der Waals surface area contributed by atoms with Crippen molar-refractivity contribution in [3.05, 3.63) is 83.5 Å². The van der Waals surface area contributed by atoms with Gasteiger partial charge in [-0.25, -0.2) is 9.50 Å². The topological polar surface area (TPSA) is 69.1 Å². The molecule has 0 radical (unpaired) electrons. The number of halogens is 1. The van der Waals surface area contributed by atoms with E-state index in [1.165, 1.54) is 0 Å². The van der Waals surface area contributed by atoms with E-state index in [-0.39, 0.29) is 6.04 Å². The number of aromatic nitrogens is 4. The number of hydrogen-bond donors (Lipinski definition) is 1. The number of pyridine rings is 1. The Labute approximate surface area is 143 Å². The number of fused-ring (bicyclic) bond motifs is 1. The van der Waals surface area contributed by atoms with E-state index in [0.717, 1.165) is 28.0 Å². The molecule has 0 amide bonds. The fourth-order valence-corrected chi connectivity index (χ4v) is 2.75. The van der Waals surface area contributed by atoms with Crippen molar-refractivity contribution in [2.45, 2.75) is 6.04 Å². The van der Waals surface area contributed by atoms with Crippen LogP contribution in [0.4, 0.5) is 0 Å². The molecule has 0 fully saturated rings. The lowest BCUT2D eigenvalue weighted by Gasteiger charge is -2.11. The third-order valence-electron chi connectivity index (χ3n) is 3.91. The summed E-state index contributed by atoms with van der Waals surface area (Å²) in [5.74, 6) is 0. The van der Waals surface area contributed by atoms with Crippen molar-refractivity contribution in [1.82, 2.24) is 19.6 Å². The summed E-state index contributed by atoms with van der Waals surface area (Å²) in [4.78, 5) is 8.84. The van der Waals surface area contributed by atoms with Gasteiger partial charge in [0.25, 0.3) is 0 Å². The average Bonchev–Trinajstić information content (AvgIpc) is 3.05. The maximum Gasteiger partial charge on any atom is 0.163 e. The zero-order valence-electron chi connectivity index (χ0n) is 12.7. The number of nitrogens with two attached hydrogens (primary N) is 1. The minimum atomic E-state index is -0.336. The molecule has 24 heavy (non-hydrogen) atoms. The Morgan fingerprint density at radius 3 is 2.62 bits per heavy atom. The lowest BCUT2D eigenvalue weighted by Crippen LogP contribution is -2.14. The third kappa shape index (κ3) is 2.64. The van der Waals surface area contributed by atoms with Crippen molar-refractivity contribution in [3.63, 3.8) is 0 Å². The molecule has 118 valence electrons. The van der Waals surface area contributed by atoms with Crippen LogP contribution < -0.4 is 5.73 Å². The van der Waals surface area contributed by atoms with Gasteiger partial charge in [0.2, 0.25) is 0 Å². The Kier molecular flexibility index (Phi) is 3.72. The van der Waals surface area contributed by atoms with Gasteiger partial charge in [-0.05, 0) is 35.4 Å². The molecule has 0 aliphatic carbocycles. The number of hydrogen-bond acceptors (Lipinski definition) is 4. The quantitative estimate of drug-likeness (QED) is 0.622. The van der Waals surface area contributed by atoms with Crippen LogP contribution in [0.15, 0.2) is 67.3 Å². The maximum absolute atomic E-state index is 6.34. The highest BCUT2D eigenvalue weighted by atomic mass is 35.5. The second-order valence-electron chi connectivity index (χ2n) is 5.45. The molecule has 5 nitrogen and oxygen atoms in total. The summed E-state index contributed by atoms with van der Waals surface area (Å²) < 4.78 is 1.74. The Morgan fingerprint density at radius 2 is 1.88 bits per heavy atom. The predicted octanol–water partition coefficient (Wildman–Crippen LogP) is 3.49. The van der Waals surface area contributed by atoms with E-state index in [2.05, 4.69) is 10.1 Å². The standard InChI is InChI=1S/C18H14ClN5/c19-14-5-3-12(4-6-14)15-11-22-24-9-7-16(23-18(15)24)17(20)13-2-1-8-21-10-13/h1-11,17H,20H2. The Hall–Kier alpha value is -2.76. The van der Waals surface area contributed by atoms with Crippen LogP contribution in [0.3, 0.4) is 0 Å². The van der Waals surface area contributed by atoms with Crippen molar-refractivity contribution >= 4 is 17.2 Å². The van der Waals surface area contributed by atoms with Gasteiger partial charge in [0.1, 0.15) is 0 Å². The highest BCUT2D eigenvalue weighted by Gasteiger charge is 2.14. The summed E-state index contributed by atoms with van der Waals surface area (Å²) in [6, 6.07) is 13.0. The van der Waals surface area contributed by atoms with Crippen LogP contribution in [0, 0.1) is 0 Å². The van der Waals surface area contributed by atoms with Crippen molar-refractivity contribution in [1.29, 1.82) is 0 Å². The highest BCUT2D eigenvalue weighted by Crippen LogP contribution is 2.26. The zero-order valence-corrected chi connectivity index (χ0v) is 13.4. The largest absolute Gasteiger partial charge is 0.319 e. The lowest BCUT2D eigenvalue weighted by atomic mass is 10.1. The Morgan fingerprint density at radius 1 is 1.04 bits per heavy atom. The first-order valence-electron chi connectivity index (χ1n) is 7.48. The van der Waals surface area contributed by atoms with Gasteiger partial charge in [-0.1, -0.05) is 29.8 Å². The lowest BCUT2D eigenvalue weighted by molar-refractivity contribution is 0.809. The first-order valence-corrected chi connectivity index (χ1v) is 7.86. The number of nitrogens with zero attached hydrogens (tertiary/aromatic N) is 4. The second-order valence-corrected chi connectivity index (χ2v) is 5.89. The second kappa shape index (κ2) is 6.03. The van der Waals surface area contributed by atoms with E-state index in [9.17, 15) is 0 Å². The van der Waals surface area contributed by atoms with Crippen LogP contribution in [-0.4, -0.2) is 19.6 Å². The van der Waals surface area contributed by atoms with Crippen LogP contribution >= 0.6 is 11.6 Å². The fraction of sp³-hybridized carbons (Fsp3) is 0.0556. The average molecular weight is 336 g/mol. The summed E-state index contributed by atoms with van der Waals surface area (Å²) in [6.07, 6.45) is 7.15. The smallest absolute Gasteiger partial charge is 0.163 e. The molecule has 0 spiro atoms. The van der Waals surface area contributed by atoms with E-state index < -0.39 is 0 Å². The van der Waals surface area contributed by atoms with Gasteiger partial charge in [0.05, 0.1) is 17.9 Å². The Balaban J connectivity index is 1.80. The van der Waals surface area contributed by atoms with E-state index in [1.807, 2.05) is 48.7 Å². The van der Waals surface area contributed by atoms with Gasteiger partial charge in [-0.15, -0.1) is 0 Å². The first kappa shape index (κ1) is 14.8. The fourth-order valence-electron chi connectivity index (χ4n) is 2.62. The Bertz CT molecular complexity index is 979. The minimum Gasteiger partial charge on any atom is -0.319 e. The van der Waals surface area contributed by atoms with Crippen molar-refractivity contribution in [3.8, 4) is 11.1 Å². The van der Waals surface area contributed by atoms with Crippen LogP contribution in [0.1, 0.15) is 17.3 Å². The number of rotatable bonds is 3. The molecular weight excluding hydrogens is 322 g/mol. The minimum absolute atomic E-state index is 0.336. The third-order valence-corrected chi connectivity index (χ3v) is 4.16. The van der Waals surface area contributed by atoms with Crippen LogP contribution in [0.25, 0.3) is 16.8 Å². The van der Waals surface area contributed by atoms with E-state index in [1.54, 1.807) is 23.1 Å². The molecule has 0 aliphatic heterocycles. The molecule has 1 aromatic carbocycles.